The summed E-state index contributed by atoms with van der Waals surface area (Å²) in [4.78, 5) is 67.5. The molecule has 0 bridgehead atoms. The van der Waals surface area contributed by atoms with E-state index in [-0.39, 0.29) is 36.2 Å². The Morgan fingerprint density at radius 3 is 2.41 bits per heavy atom. The second-order valence-corrected chi connectivity index (χ2v) is 17.0. The number of rotatable bonds is 13. The summed E-state index contributed by atoms with van der Waals surface area (Å²) in [6.07, 6.45) is 9.63. The number of fused-ring (bicyclic) bond motifs is 2. The first-order valence-corrected chi connectivity index (χ1v) is 21.8. The molecule has 2 N–H and O–H groups in total. The Labute approximate surface area is 347 Å². The predicted octanol–water partition coefficient (Wildman–Crippen LogP) is 5.53. The van der Waals surface area contributed by atoms with Crippen LogP contribution in [0.1, 0.15) is 80.9 Å². The van der Waals surface area contributed by atoms with Gasteiger partial charge in [-0.2, -0.15) is 5.10 Å². The first-order valence-electron chi connectivity index (χ1n) is 21.8. The predicted molar refractivity (Wildman–Crippen MR) is 231 cm³/mol. The number of nitrogens with one attached hydrogen (secondary N) is 2. The summed E-state index contributed by atoms with van der Waals surface area (Å²) in [6, 6.07) is 13.3. The van der Waals surface area contributed by atoms with Gasteiger partial charge in [-0.3, -0.25) is 14.5 Å². The van der Waals surface area contributed by atoms with Gasteiger partial charge in [-0.25, -0.2) is 14.3 Å². The van der Waals surface area contributed by atoms with Crippen LogP contribution in [0.5, 0.6) is 0 Å². The van der Waals surface area contributed by atoms with E-state index in [0.29, 0.717) is 58.0 Å². The van der Waals surface area contributed by atoms with Crippen LogP contribution in [-0.4, -0.2) is 142 Å². The van der Waals surface area contributed by atoms with Crippen molar-refractivity contribution >= 4 is 39.8 Å². The first-order chi connectivity index (χ1) is 28.6. The molecule has 4 amide bonds. The van der Waals surface area contributed by atoms with Crippen molar-refractivity contribution in [1.82, 2.24) is 44.6 Å². The number of pyridine rings is 1. The third kappa shape index (κ3) is 10.3. The molecule has 318 valence electrons. The maximum absolute atomic E-state index is 14.4. The molecule has 3 fully saturated rings. The number of urea groups is 1. The maximum Gasteiger partial charge on any atom is 0.411 e. The molecule has 0 saturated carbocycles. The van der Waals surface area contributed by atoms with Gasteiger partial charge in [0.15, 0.2) is 6.73 Å². The molecule has 2 aromatic carbocycles. The van der Waals surface area contributed by atoms with Crippen molar-refractivity contribution in [3.63, 3.8) is 0 Å². The number of ether oxygens (including phenoxy) is 1. The Hall–Kier alpha value is -4.95. The third-order valence-electron chi connectivity index (χ3n) is 12.8. The molecule has 1 atom stereocenters. The molecule has 7 rings (SSSR count). The Kier molecular flexibility index (Phi) is 13.9. The number of hydrogen-bond donors (Lipinski definition) is 2. The zero-order chi connectivity index (χ0) is 41.5. The van der Waals surface area contributed by atoms with Crippen LogP contribution in [0.25, 0.3) is 21.8 Å². The molecule has 0 aliphatic carbocycles. The van der Waals surface area contributed by atoms with Crippen LogP contribution in [-0.2, 0) is 22.7 Å². The second-order valence-electron chi connectivity index (χ2n) is 17.0. The van der Waals surface area contributed by atoms with Gasteiger partial charge in [0.05, 0.1) is 11.7 Å². The highest BCUT2D eigenvalue weighted by molar-refractivity contribution is 5.88. The van der Waals surface area contributed by atoms with Gasteiger partial charge >= 0.3 is 12.1 Å². The quantitative estimate of drug-likeness (QED) is 0.168. The minimum atomic E-state index is -0.765. The first kappa shape index (κ1) is 42.2. The number of H-pyrrole nitrogens is 1. The molecule has 14 heteroatoms. The molecule has 1 unspecified atom stereocenters. The molecule has 3 saturated heterocycles. The van der Waals surface area contributed by atoms with E-state index in [2.05, 4.69) is 39.2 Å². The second kappa shape index (κ2) is 19.4. The van der Waals surface area contributed by atoms with Crippen molar-refractivity contribution in [2.75, 3.05) is 73.0 Å². The smallest absolute Gasteiger partial charge is 0.411 e. The number of unbranched alkanes of at least 4 members (excludes halogenated alkanes) is 3. The van der Waals surface area contributed by atoms with Crippen LogP contribution in [0.4, 0.5) is 9.59 Å². The van der Waals surface area contributed by atoms with Gasteiger partial charge < -0.3 is 34.6 Å². The van der Waals surface area contributed by atoms with Crippen molar-refractivity contribution in [3.8, 4) is 0 Å². The van der Waals surface area contributed by atoms with E-state index in [9.17, 15) is 19.2 Å². The Morgan fingerprint density at radius 1 is 0.915 bits per heavy atom. The number of amides is 4. The van der Waals surface area contributed by atoms with E-state index in [0.717, 1.165) is 103 Å². The number of aryl methyl sites for hydroxylation is 1. The van der Waals surface area contributed by atoms with Gasteiger partial charge in [-0.1, -0.05) is 50.5 Å². The third-order valence-corrected chi connectivity index (χ3v) is 12.8. The molecule has 3 aliphatic rings. The lowest BCUT2D eigenvalue weighted by atomic mass is 9.89. The fourth-order valence-corrected chi connectivity index (χ4v) is 9.26. The molecular weight excluding hydrogens is 747 g/mol. The lowest BCUT2D eigenvalue weighted by Crippen LogP contribution is -2.59. The number of piperazine rings is 1. The zero-order valence-electron chi connectivity index (χ0n) is 35.5. The van der Waals surface area contributed by atoms with Crippen molar-refractivity contribution in [2.24, 2.45) is 0 Å². The van der Waals surface area contributed by atoms with Crippen LogP contribution in [0.3, 0.4) is 0 Å². The molecule has 2 aromatic heterocycles. The summed E-state index contributed by atoms with van der Waals surface area (Å²) in [5.74, 6) is -0.0283. The highest BCUT2D eigenvalue weighted by Gasteiger charge is 2.34. The van der Waals surface area contributed by atoms with E-state index in [1.165, 1.54) is 0 Å². The van der Waals surface area contributed by atoms with Crippen molar-refractivity contribution in [1.29, 1.82) is 0 Å². The standard InChI is InChI=1S/C45H63N9O5/c1-5-6-7-10-17-50(4)45(58)59-31-54-41-32(2)26-33(27-36(41)30-46-54)28-40(43(56)52-24-22-51(23-25-52)37-15-18-49(3)19-16-37)48-44(57)53-20-13-34(14-21-53)38-29-35-11-8-9-12-39(35)47-42(38)55/h8-9,11-12,26-27,29-30,34,37,40H,5-7,10,13-25,28,31H2,1-4H3,(H,47,55)(H,48,57). The van der Waals surface area contributed by atoms with E-state index in [4.69, 9.17) is 4.74 Å². The number of aromatic amines is 1. The van der Waals surface area contributed by atoms with E-state index in [1.807, 2.05) is 54.3 Å². The Balaban J connectivity index is 1.02. The summed E-state index contributed by atoms with van der Waals surface area (Å²) in [6.45, 7) is 10.9. The fraction of sp³-hybridized carbons (Fsp3) is 0.578. The van der Waals surface area contributed by atoms with Gasteiger partial charge in [0.25, 0.3) is 5.56 Å². The number of carbonyl (C=O) groups is 3. The summed E-state index contributed by atoms with van der Waals surface area (Å²) in [5.41, 5.74) is 4.21. The van der Waals surface area contributed by atoms with E-state index < -0.39 is 6.04 Å². The largest absolute Gasteiger partial charge is 0.426 e. The number of piperidine rings is 2. The SMILES string of the molecule is CCCCCCN(C)C(=O)OCn1ncc2cc(CC(NC(=O)N3CCC(c4cc5ccccc5[nH]c4=O)CC3)C(=O)N3CCN(C4CCN(C)CC4)CC3)cc(C)c21. The highest BCUT2D eigenvalue weighted by atomic mass is 16.6. The number of aromatic nitrogens is 3. The van der Waals surface area contributed by atoms with Gasteiger partial charge in [-0.05, 0) is 99.8 Å². The minimum absolute atomic E-state index is 0.00549. The number of nitrogens with zero attached hydrogens (tertiary/aromatic N) is 7. The maximum atomic E-state index is 14.4. The number of carbonyl (C=O) groups excluding carboxylic acids is 3. The van der Waals surface area contributed by atoms with E-state index in [1.54, 1.807) is 27.7 Å². The topological polar surface area (TPSA) is 139 Å². The van der Waals surface area contributed by atoms with Gasteiger partial charge in [0, 0.05) is 81.8 Å². The normalized spacial score (nSPS) is 18.0. The van der Waals surface area contributed by atoms with Crippen LogP contribution in [0.15, 0.2) is 53.5 Å². The molecule has 59 heavy (non-hydrogen) atoms. The number of para-hydroxylation sites is 1. The van der Waals surface area contributed by atoms with Crippen molar-refractivity contribution < 1.29 is 19.1 Å². The van der Waals surface area contributed by atoms with Crippen molar-refractivity contribution in [3.05, 3.63) is 75.7 Å². The van der Waals surface area contributed by atoms with Gasteiger partial charge in [-0.15, -0.1) is 0 Å². The summed E-state index contributed by atoms with van der Waals surface area (Å²) in [7, 11) is 3.93. The number of hydrogen-bond acceptors (Lipinski definition) is 8. The van der Waals surface area contributed by atoms with Crippen molar-refractivity contribution in [2.45, 2.75) is 96.4 Å². The molecule has 5 heterocycles. The Morgan fingerprint density at radius 2 is 1.66 bits per heavy atom. The van der Waals surface area contributed by atoms with Gasteiger partial charge in [0.1, 0.15) is 6.04 Å². The number of likely N-dealkylation sites (tertiary alicyclic amines) is 2. The molecule has 4 aromatic rings. The molecular formula is C45H63N9O5. The monoisotopic (exact) mass is 809 g/mol. The van der Waals surface area contributed by atoms with E-state index >= 15 is 0 Å². The average Bonchev–Trinajstić information content (AvgIpc) is 3.67. The van der Waals surface area contributed by atoms with Crippen LogP contribution in [0.2, 0.25) is 0 Å². The lowest BCUT2D eigenvalue weighted by molar-refractivity contribution is -0.135. The van der Waals surface area contributed by atoms with Gasteiger partial charge in [0.2, 0.25) is 5.91 Å². The fourth-order valence-electron chi connectivity index (χ4n) is 9.26. The summed E-state index contributed by atoms with van der Waals surface area (Å²) >= 11 is 0. The van der Waals surface area contributed by atoms with Crippen LogP contribution < -0.4 is 10.9 Å². The summed E-state index contributed by atoms with van der Waals surface area (Å²) in [5, 5.41) is 9.59. The van der Waals surface area contributed by atoms with Crippen LogP contribution in [0, 0.1) is 6.92 Å². The molecule has 0 spiro atoms. The Bertz CT molecular complexity index is 2130. The lowest BCUT2D eigenvalue weighted by Gasteiger charge is -2.43. The highest BCUT2D eigenvalue weighted by Crippen LogP contribution is 2.28. The molecule has 14 nitrogen and oxygen atoms in total. The van der Waals surface area contributed by atoms with Crippen LogP contribution >= 0.6 is 0 Å². The number of benzene rings is 2. The zero-order valence-corrected chi connectivity index (χ0v) is 35.5. The summed E-state index contributed by atoms with van der Waals surface area (Å²) < 4.78 is 7.33. The molecule has 3 aliphatic heterocycles. The average molecular weight is 810 g/mol. The molecule has 0 radical (unpaired) electrons. The minimum Gasteiger partial charge on any atom is -0.426 e.